The Morgan fingerprint density at radius 2 is 2.46 bits per heavy atom. The molecule has 0 bridgehead atoms. The van der Waals surface area contributed by atoms with Gasteiger partial charge in [0.15, 0.2) is 11.0 Å². The average Bonchev–Trinajstić information content (AvgIpc) is 2.72. The minimum absolute atomic E-state index is 0.682. The van der Waals surface area contributed by atoms with Gasteiger partial charge in [0.1, 0.15) is 0 Å². The van der Waals surface area contributed by atoms with Gasteiger partial charge < -0.3 is 9.09 Å². The quantitative estimate of drug-likeness (QED) is 0.688. The summed E-state index contributed by atoms with van der Waals surface area (Å²) < 4.78 is 6.56. The van der Waals surface area contributed by atoms with Crippen LogP contribution in [0.15, 0.2) is 28.5 Å². The summed E-state index contributed by atoms with van der Waals surface area (Å²) in [6.45, 7) is 0. The van der Waals surface area contributed by atoms with Crippen LogP contribution < -0.4 is 0 Å². The summed E-state index contributed by atoms with van der Waals surface area (Å²) in [6, 6.07) is 0. The summed E-state index contributed by atoms with van der Waals surface area (Å²) in [5, 5.41) is 4.65. The van der Waals surface area contributed by atoms with E-state index in [1.54, 1.807) is 18.0 Å². The zero-order chi connectivity index (χ0) is 9.10. The summed E-state index contributed by atoms with van der Waals surface area (Å²) in [4.78, 5) is 8.06. The van der Waals surface area contributed by atoms with Crippen molar-refractivity contribution in [2.24, 2.45) is 7.05 Å². The fourth-order valence-corrected chi connectivity index (χ4v) is 1.66. The highest BCUT2D eigenvalue weighted by Gasteiger charge is 2.03. The molecule has 68 valence electrons. The number of aryl methyl sites for hydroxylation is 1. The number of hydrogen-bond donors (Lipinski definition) is 0. The third-order valence-corrected chi connectivity index (χ3v) is 2.57. The zero-order valence-electron chi connectivity index (χ0n) is 7.04. The highest BCUT2D eigenvalue weighted by molar-refractivity contribution is 7.98. The predicted molar refractivity (Wildman–Crippen MR) is 47.1 cm³/mol. The van der Waals surface area contributed by atoms with Crippen LogP contribution >= 0.6 is 11.8 Å². The predicted octanol–water partition coefficient (Wildman–Crippen LogP) is 1.10. The highest BCUT2D eigenvalue weighted by atomic mass is 32.2. The maximum Gasteiger partial charge on any atom is 0.213 e. The van der Waals surface area contributed by atoms with Gasteiger partial charge in [0.25, 0.3) is 0 Å². The highest BCUT2D eigenvalue weighted by Crippen LogP contribution is 2.17. The van der Waals surface area contributed by atoms with E-state index in [0.29, 0.717) is 11.6 Å². The van der Waals surface area contributed by atoms with E-state index in [4.69, 9.17) is 0 Å². The fraction of sp³-hybridized carbons (Fsp3) is 0.286. The van der Waals surface area contributed by atoms with E-state index in [9.17, 15) is 0 Å². The van der Waals surface area contributed by atoms with Crippen LogP contribution in [0.25, 0.3) is 0 Å². The monoisotopic (exact) mass is 196 g/mol. The van der Waals surface area contributed by atoms with Crippen LogP contribution in [-0.4, -0.2) is 19.7 Å². The van der Waals surface area contributed by atoms with Crippen molar-refractivity contribution in [2.45, 2.75) is 10.9 Å². The molecule has 2 aromatic rings. The molecule has 0 radical (unpaired) electrons. The van der Waals surface area contributed by atoms with Crippen LogP contribution in [0.5, 0.6) is 0 Å². The largest absolute Gasteiger partial charge is 0.343 e. The lowest BCUT2D eigenvalue weighted by molar-refractivity contribution is 0.412. The number of thioether (sulfide) groups is 1. The molecule has 0 aliphatic rings. The number of rotatable bonds is 3. The smallest absolute Gasteiger partial charge is 0.213 e. The van der Waals surface area contributed by atoms with E-state index in [0.717, 1.165) is 5.16 Å². The van der Waals surface area contributed by atoms with Gasteiger partial charge in [-0.25, -0.2) is 4.98 Å². The SMILES string of the molecule is Cn1ccnc1SCc1ncon1. The van der Waals surface area contributed by atoms with Gasteiger partial charge in [0, 0.05) is 19.4 Å². The van der Waals surface area contributed by atoms with Crippen molar-refractivity contribution < 1.29 is 4.52 Å². The van der Waals surface area contributed by atoms with Crippen molar-refractivity contribution >= 4 is 11.8 Å². The molecule has 0 unspecified atom stereocenters. The molecule has 13 heavy (non-hydrogen) atoms. The first-order chi connectivity index (χ1) is 6.36. The lowest BCUT2D eigenvalue weighted by Gasteiger charge is -1.97. The van der Waals surface area contributed by atoms with E-state index in [-0.39, 0.29) is 0 Å². The van der Waals surface area contributed by atoms with Gasteiger partial charge in [-0.15, -0.1) is 0 Å². The summed E-state index contributed by atoms with van der Waals surface area (Å²) in [7, 11) is 1.95. The van der Waals surface area contributed by atoms with Crippen molar-refractivity contribution in [2.75, 3.05) is 0 Å². The molecule has 2 aromatic heterocycles. The standard InChI is InChI=1S/C7H8N4OS/c1-11-3-2-8-7(11)13-4-6-9-5-12-10-6/h2-3,5H,4H2,1H3. The molecule has 0 aromatic carbocycles. The molecular formula is C7H8N4OS. The second-order valence-corrected chi connectivity index (χ2v) is 3.40. The Bertz CT molecular complexity index is 370. The molecule has 0 spiro atoms. The Balaban J connectivity index is 1.97. The van der Waals surface area contributed by atoms with E-state index in [2.05, 4.69) is 19.6 Å². The van der Waals surface area contributed by atoms with Crippen molar-refractivity contribution in [3.8, 4) is 0 Å². The summed E-state index contributed by atoms with van der Waals surface area (Å²) >= 11 is 1.58. The second-order valence-electron chi connectivity index (χ2n) is 2.46. The number of imidazole rings is 1. The Morgan fingerprint density at radius 3 is 3.08 bits per heavy atom. The number of aromatic nitrogens is 4. The number of hydrogen-bond acceptors (Lipinski definition) is 5. The maximum atomic E-state index is 4.61. The molecule has 0 amide bonds. The minimum Gasteiger partial charge on any atom is -0.343 e. The van der Waals surface area contributed by atoms with Crippen molar-refractivity contribution in [3.05, 3.63) is 24.6 Å². The molecule has 0 saturated carbocycles. The first-order valence-corrected chi connectivity index (χ1v) is 4.70. The molecule has 0 aliphatic carbocycles. The molecular weight excluding hydrogens is 188 g/mol. The average molecular weight is 196 g/mol. The molecule has 0 atom stereocenters. The minimum atomic E-state index is 0.682. The van der Waals surface area contributed by atoms with Gasteiger partial charge in [0.2, 0.25) is 6.39 Å². The zero-order valence-corrected chi connectivity index (χ0v) is 7.86. The van der Waals surface area contributed by atoms with Crippen LogP contribution in [0.3, 0.4) is 0 Å². The van der Waals surface area contributed by atoms with Gasteiger partial charge in [-0.3, -0.25) is 0 Å². The Morgan fingerprint density at radius 1 is 1.54 bits per heavy atom. The topological polar surface area (TPSA) is 56.7 Å². The molecule has 0 aliphatic heterocycles. The molecule has 0 saturated heterocycles. The van der Waals surface area contributed by atoms with E-state index in [1.807, 2.05) is 17.8 Å². The van der Waals surface area contributed by atoms with Crippen LogP contribution in [-0.2, 0) is 12.8 Å². The van der Waals surface area contributed by atoms with Gasteiger partial charge in [-0.05, 0) is 0 Å². The lowest BCUT2D eigenvalue weighted by Crippen LogP contribution is -1.90. The normalized spacial score (nSPS) is 10.5. The first-order valence-electron chi connectivity index (χ1n) is 3.71. The number of nitrogens with zero attached hydrogens (tertiary/aromatic N) is 4. The summed E-state index contributed by atoms with van der Waals surface area (Å²) in [6.07, 6.45) is 4.99. The second kappa shape index (κ2) is 3.61. The Labute approximate surface area is 79.2 Å². The van der Waals surface area contributed by atoms with Gasteiger partial charge in [-0.1, -0.05) is 16.9 Å². The van der Waals surface area contributed by atoms with Crippen LogP contribution in [0.1, 0.15) is 5.82 Å². The van der Waals surface area contributed by atoms with E-state index < -0.39 is 0 Å². The van der Waals surface area contributed by atoms with Crippen molar-refractivity contribution in [3.63, 3.8) is 0 Å². The van der Waals surface area contributed by atoms with E-state index in [1.165, 1.54) is 6.39 Å². The van der Waals surface area contributed by atoms with Gasteiger partial charge >= 0.3 is 0 Å². The van der Waals surface area contributed by atoms with E-state index >= 15 is 0 Å². The van der Waals surface area contributed by atoms with Crippen LogP contribution in [0, 0.1) is 0 Å². The van der Waals surface area contributed by atoms with Gasteiger partial charge in [0.05, 0.1) is 5.75 Å². The third-order valence-electron chi connectivity index (χ3n) is 1.51. The van der Waals surface area contributed by atoms with Crippen LogP contribution in [0.2, 0.25) is 0 Å². The lowest BCUT2D eigenvalue weighted by atomic mass is 10.7. The fourth-order valence-electron chi connectivity index (χ4n) is 0.876. The Hall–Kier alpha value is -1.30. The molecule has 0 fully saturated rings. The van der Waals surface area contributed by atoms with Crippen LogP contribution in [0.4, 0.5) is 0 Å². The van der Waals surface area contributed by atoms with Gasteiger partial charge in [-0.2, -0.15) is 4.98 Å². The van der Waals surface area contributed by atoms with Crippen molar-refractivity contribution in [1.29, 1.82) is 0 Å². The first kappa shape index (κ1) is 8.31. The molecule has 5 nitrogen and oxygen atoms in total. The summed E-state index contributed by atoms with van der Waals surface area (Å²) in [5.74, 6) is 1.37. The molecule has 6 heteroatoms. The third kappa shape index (κ3) is 1.89. The summed E-state index contributed by atoms with van der Waals surface area (Å²) in [5.41, 5.74) is 0. The Kier molecular flexibility index (Phi) is 2.31. The molecule has 0 N–H and O–H groups in total. The molecule has 2 rings (SSSR count). The molecule has 2 heterocycles. The van der Waals surface area contributed by atoms with Crippen molar-refractivity contribution in [1.82, 2.24) is 19.7 Å². The maximum absolute atomic E-state index is 4.61.